The lowest BCUT2D eigenvalue weighted by Gasteiger charge is -2.15. The third-order valence-electron chi connectivity index (χ3n) is 2.60. The zero-order chi connectivity index (χ0) is 15.7. The molecule has 7 nitrogen and oxygen atoms in total. The molecule has 21 heavy (non-hydrogen) atoms. The first kappa shape index (κ1) is 16.5. The zero-order valence-electron chi connectivity index (χ0n) is 11.6. The van der Waals surface area contributed by atoms with Gasteiger partial charge in [-0.15, -0.1) is 0 Å². The fourth-order valence-electron chi connectivity index (χ4n) is 1.60. The topological polar surface area (TPSA) is 102 Å². The Morgan fingerprint density at radius 1 is 1.19 bits per heavy atom. The van der Waals surface area contributed by atoms with E-state index in [-0.39, 0.29) is 13.0 Å². The molecule has 0 saturated heterocycles. The SMILES string of the molecule is COC(=O)CC(CC(=O)O)NC(=O)OCc1ccccc1. The smallest absolute Gasteiger partial charge is 0.407 e. The number of carbonyl (C=O) groups is 3. The lowest BCUT2D eigenvalue weighted by atomic mass is 10.1. The van der Waals surface area contributed by atoms with Crippen molar-refractivity contribution < 1.29 is 29.0 Å². The number of rotatable bonds is 7. The second kappa shape index (κ2) is 8.57. The van der Waals surface area contributed by atoms with Crippen LogP contribution in [0.3, 0.4) is 0 Å². The maximum atomic E-state index is 11.6. The van der Waals surface area contributed by atoms with Crippen LogP contribution in [0, 0.1) is 0 Å². The molecule has 0 saturated carbocycles. The van der Waals surface area contributed by atoms with Crippen LogP contribution in [0.15, 0.2) is 30.3 Å². The van der Waals surface area contributed by atoms with Crippen molar-refractivity contribution >= 4 is 18.0 Å². The molecule has 0 aliphatic rings. The highest BCUT2D eigenvalue weighted by molar-refractivity contribution is 5.75. The van der Waals surface area contributed by atoms with Crippen LogP contribution in [-0.2, 0) is 25.7 Å². The van der Waals surface area contributed by atoms with Crippen molar-refractivity contribution in [2.75, 3.05) is 7.11 Å². The van der Waals surface area contributed by atoms with Crippen molar-refractivity contribution in [1.82, 2.24) is 5.32 Å². The highest BCUT2D eigenvalue weighted by Gasteiger charge is 2.20. The number of carboxylic acid groups (broad SMARTS) is 1. The van der Waals surface area contributed by atoms with Gasteiger partial charge in [0.05, 0.1) is 26.0 Å². The number of carboxylic acids is 1. The van der Waals surface area contributed by atoms with E-state index in [1.54, 1.807) is 24.3 Å². The quantitative estimate of drug-likeness (QED) is 0.735. The van der Waals surface area contributed by atoms with E-state index in [1.165, 1.54) is 7.11 Å². The van der Waals surface area contributed by atoms with E-state index < -0.39 is 30.5 Å². The molecule has 1 aromatic carbocycles. The van der Waals surface area contributed by atoms with Gasteiger partial charge in [-0.1, -0.05) is 30.3 Å². The minimum Gasteiger partial charge on any atom is -0.481 e. The van der Waals surface area contributed by atoms with Crippen LogP contribution in [-0.4, -0.2) is 36.3 Å². The molecule has 0 spiro atoms. The first-order chi connectivity index (χ1) is 10.0. The fourth-order valence-corrected chi connectivity index (χ4v) is 1.60. The Balaban J connectivity index is 2.47. The number of amides is 1. The number of benzene rings is 1. The van der Waals surface area contributed by atoms with Gasteiger partial charge in [-0.05, 0) is 5.56 Å². The summed E-state index contributed by atoms with van der Waals surface area (Å²) < 4.78 is 9.41. The van der Waals surface area contributed by atoms with Gasteiger partial charge in [-0.3, -0.25) is 9.59 Å². The number of methoxy groups -OCH3 is 1. The summed E-state index contributed by atoms with van der Waals surface area (Å²) in [5.41, 5.74) is 0.801. The molecular formula is C14H17NO6. The molecule has 1 aromatic rings. The van der Waals surface area contributed by atoms with Gasteiger partial charge < -0.3 is 19.9 Å². The minimum absolute atomic E-state index is 0.0602. The average molecular weight is 295 g/mol. The summed E-state index contributed by atoms with van der Waals surface area (Å²) in [5.74, 6) is -1.74. The zero-order valence-corrected chi connectivity index (χ0v) is 11.6. The highest BCUT2D eigenvalue weighted by Crippen LogP contribution is 2.04. The highest BCUT2D eigenvalue weighted by atomic mass is 16.5. The standard InChI is InChI=1S/C14H17NO6/c1-20-13(18)8-11(7-12(16)17)15-14(19)21-9-10-5-3-2-4-6-10/h2-6,11H,7-9H2,1H3,(H,15,19)(H,16,17). The number of alkyl carbamates (subject to hydrolysis) is 1. The van der Waals surface area contributed by atoms with Crippen molar-refractivity contribution in [2.45, 2.75) is 25.5 Å². The summed E-state index contributed by atoms with van der Waals surface area (Å²) in [5, 5.41) is 11.1. The van der Waals surface area contributed by atoms with Crippen molar-refractivity contribution in [3.05, 3.63) is 35.9 Å². The van der Waals surface area contributed by atoms with Gasteiger partial charge in [0, 0.05) is 0 Å². The van der Waals surface area contributed by atoms with E-state index in [0.717, 1.165) is 5.56 Å². The summed E-state index contributed by atoms with van der Waals surface area (Å²) in [7, 11) is 1.19. The molecule has 0 radical (unpaired) electrons. The van der Waals surface area contributed by atoms with E-state index in [0.29, 0.717) is 0 Å². The lowest BCUT2D eigenvalue weighted by Crippen LogP contribution is -2.38. The lowest BCUT2D eigenvalue weighted by molar-refractivity contribution is -0.142. The molecule has 114 valence electrons. The number of hydrogen-bond donors (Lipinski definition) is 2. The van der Waals surface area contributed by atoms with E-state index in [4.69, 9.17) is 9.84 Å². The average Bonchev–Trinajstić information content (AvgIpc) is 2.45. The molecule has 1 amide bonds. The van der Waals surface area contributed by atoms with E-state index >= 15 is 0 Å². The van der Waals surface area contributed by atoms with Crippen LogP contribution in [0.2, 0.25) is 0 Å². The number of hydrogen-bond acceptors (Lipinski definition) is 5. The molecule has 7 heteroatoms. The van der Waals surface area contributed by atoms with Crippen LogP contribution in [0.4, 0.5) is 4.79 Å². The predicted octanol–water partition coefficient (Wildman–Crippen LogP) is 1.32. The fraction of sp³-hybridized carbons (Fsp3) is 0.357. The van der Waals surface area contributed by atoms with E-state index in [1.807, 2.05) is 6.07 Å². The van der Waals surface area contributed by atoms with Crippen LogP contribution in [0.1, 0.15) is 18.4 Å². The molecule has 0 bridgehead atoms. The number of aliphatic carboxylic acids is 1. The first-order valence-corrected chi connectivity index (χ1v) is 6.27. The van der Waals surface area contributed by atoms with Gasteiger partial charge in [-0.2, -0.15) is 0 Å². The maximum absolute atomic E-state index is 11.6. The number of ether oxygens (including phenoxy) is 2. The molecule has 1 rings (SSSR count). The Morgan fingerprint density at radius 2 is 1.86 bits per heavy atom. The second-order valence-electron chi connectivity index (χ2n) is 4.28. The molecule has 0 aliphatic heterocycles. The second-order valence-corrected chi connectivity index (χ2v) is 4.28. The molecule has 0 aliphatic carbocycles. The van der Waals surface area contributed by atoms with Gasteiger partial charge in [0.15, 0.2) is 0 Å². The van der Waals surface area contributed by atoms with Crippen molar-refractivity contribution in [2.24, 2.45) is 0 Å². The van der Waals surface area contributed by atoms with Gasteiger partial charge in [0.2, 0.25) is 0 Å². The van der Waals surface area contributed by atoms with Gasteiger partial charge in [-0.25, -0.2) is 4.79 Å². The monoisotopic (exact) mass is 295 g/mol. The third kappa shape index (κ3) is 6.95. The summed E-state index contributed by atoms with van der Waals surface area (Å²) in [6, 6.07) is 8.15. The van der Waals surface area contributed by atoms with Crippen LogP contribution in [0.25, 0.3) is 0 Å². The Morgan fingerprint density at radius 3 is 2.43 bits per heavy atom. The minimum atomic E-state index is -1.13. The molecule has 1 atom stereocenters. The molecule has 1 unspecified atom stereocenters. The Labute approximate surface area is 121 Å². The Hall–Kier alpha value is -2.57. The van der Waals surface area contributed by atoms with Crippen LogP contribution < -0.4 is 5.32 Å². The third-order valence-corrected chi connectivity index (χ3v) is 2.60. The summed E-state index contributed by atoms with van der Waals surface area (Å²) in [4.78, 5) is 33.5. The molecule has 0 heterocycles. The predicted molar refractivity (Wildman–Crippen MR) is 72.4 cm³/mol. The Kier molecular flexibility index (Phi) is 6.73. The van der Waals surface area contributed by atoms with Crippen LogP contribution in [0.5, 0.6) is 0 Å². The first-order valence-electron chi connectivity index (χ1n) is 6.27. The summed E-state index contributed by atoms with van der Waals surface area (Å²) in [6.07, 6.45) is -1.41. The van der Waals surface area contributed by atoms with Crippen LogP contribution >= 0.6 is 0 Å². The van der Waals surface area contributed by atoms with Gasteiger partial charge in [0.1, 0.15) is 6.61 Å². The van der Waals surface area contributed by atoms with Gasteiger partial charge >= 0.3 is 18.0 Å². The normalized spacial score (nSPS) is 11.3. The molecule has 0 aromatic heterocycles. The van der Waals surface area contributed by atoms with Crippen molar-refractivity contribution in [1.29, 1.82) is 0 Å². The molecular weight excluding hydrogens is 278 g/mol. The largest absolute Gasteiger partial charge is 0.481 e. The maximum Gasteiger partial charge on any atom is 0.407 e. The van der Waals surface area contributed by atoms with E-state index in [9.17, 15) is 14.4 Å². The van der Waals surface area contributed by atoms with Gasteiger partial charge in [0.25, 0.3) is 0 Å². The van der Waals surface area contributed by atoms with E-state index in [2.05, 4.69) is 10.1 Å². The van der Waals surface area contributed by atoms with Crippen molar-refractivity contribution in [3.8, 4) is 0 Å². The number of nitrogens with one attached hydrogen (secondary N) is 1. The molecule has 0 fully saturated rings. The summed E-state index contributed by atoms with van der Waals surface area (Å²) in [6.45, 7) is 0.0602. The Bertz CT molecular complexity index is 487. The molecule has 2 N–H and O–H groups in total. The number of esters is 1. The number of carbonyl (C=O) groups excluding carboxylic acids is 2. The van der Waals surface area contributed by atoms with Crippen molar-refractivity contribution in [3.63, 3.8) is 0 Å². The summed E-state index contributed by atoms with van der Waals surface area (Å²) >= 11 is 0.